The zero-order valence-electron chi connectivity index (χ0n) is 21.2. The van der Waals surface area contributed by atoms with Gasteiger partial charge in [0.05, 0.1) is 17.7 Å². The lowest BCUT2D eigenvalue weighted by atomic mass is 9.65. The number of rotatable bonds is 5. The van der Waals surface area contributed by atoms with Crippen molar-refractivity contribution in [3.63, 3.8) is 0 Å². The second kappa shape index (κ2) is 9.41. The van der Waals surface area contributed by atoms with Crippen LogP contribution in [0.25, 0.3) is 10.8 Å². The summed E-state index contributed by atoms with van der Waals surface area (Å²) in [5.41, 5.74) is -0.305. The Hall–Kier alpha value is -2.27. The summed E-state index contributed by atoms with van der Waals surface area (Å²) in [7, 11) is 0. The molecule has 0 radical (unpaired) electrons. The van der Waals surface area contributed by atoms with E-state index >= 15 is 0 Å². The fraction of sp³-hybridized carbons (Fsp3) is 0.621. The third kappa shape index (κ3) is 5.19. The number of ether oxygens (including phenoxy) is 1. The molecule has 0 heterocycles. The van der Waals surface area contributed by atoms with Gasteiger partial charge in [-0.3, -0.25) is 0 Å². The van der Waals surface area contributed by atoms with Crippen LogP contribution >= 0.6 is 0 Å². The summed E-state index contributed by atoms with van der Waals surface area (Å²) < 4.78 is 6.40. The van der Waals surface area contributed by atoms with Gasteiger partial charge < -0.3 is 20.3 Å². The molecule has 0 bridgehead atoms. The Balaban J connectivity index is 1.51. The smallest absolute Gasteiger partial charge is 0.405 e. The fourth-order valence-electron chi connectivity index (χ4n) is 6.32. The van der Waals surface area contributed by atoms with Crippen molar-refractivity contribution < 1.29 is 19.7 Å². The summed E-state index contributed by atoms with van der Waals surface area (Å²) in [5.74, 6) is 0.894. The molecule has 2 saturated carbocycles. The van der Waals surface area contributed by atoms with Gasteiger partial charge in [0.25, 0.3) is 0 Å². The van der Waals surface area contributed by atoms with Crippen LogP contribution < -0.4 is 10.1 Å². The van der Waals surface area contributed by atoms with Crippen molar-refractivity contribution in [2.45, 2.75) is 103 Å². The second-order valence-electron chi connectivity index (χ2n) is 12.0. The predicted molar refractivity (Wildman–Crippen MR) is 136 cm³/mol. The Morgan fingerprint density at radius 3 is 2.21 bits per heavy atom. The normalized spacial score (nSPS) is 21.7. The van der Waals surface area contributed by atoms with Gasteiger partial charge in [0.2, 0.25) is 0 Å². The van der Waals surface area contributed by atoms with Gasteiger partial charge in [-0.15, -0.1) is 0 Å². The van der Waals surface area contributed by atoms with Gasteiger partial charge in [-0.1, -0.05) is 58.2 Å². The Morgan fingerprint density at radius 1 is 0.971 bits per heavy atom. The highest BCUT2D eigenvalue weighted by Crippen LogP contribution is 2.48. The molecule has 1 unspecified atom stereocenters. The van der Waals surface area contributed by atoms with Crippen molar-refractivity contribution in [3.8, 4) is 5.75 Å². The van der Waals surface area contributed by atoms with Crippen molar-refractivity contribution in [1.29, 1.82) is 0 Å². The molecule has 1 amide bonds. The third-order valence-electron chi connectivity index (χ3n) is 8.36. The number of hydrogen-bond acceptors (Lipinski definition) is 3. The van der Waals surface area contributed by atoms with E-state index in [1.165, 1.54) is 44.9 Å². The topological polar surface area (TPSA) is 78.8 Å². The van der Waals surface area contributed by atoms with Crippen LogP contribution in [0.15, 0.2) is 36.4 Å². The number of fused-ring (bicyclic) bond motifs is 1. The van der Waals surface area contributed by atoms with Crippen molar-refractivity contribution in [3.05, 3.63) is 42.0 Å². The summed E-state index contributed by atoms with van der Waals surface area (Å²) in [4.78, 5) is 11.6. The van der Waals surface area contributed by atoms with Crippen molar-refractivity contribution in [2.75, 3.05) is 0 Å². The molecule has 3 N–H and O–H groups in total. The molecule has 2 aromatic rings. The minimum Gasteiger partial charge on any atom is -0.490 e. The summed E-state index contributed by atoms with van der Waals surface area (Å²) in [5, 5.41) is 25.1. The van der Waals surface area contributed by atoms with Crippen molar-refractivity contribution in [1.82, 2.24) is 5.32 Å². The molecule has 186 valence electrons. The molecule has 4 rings (SSSR count). The molecule has 0 saturated heterocycles. The predicted octanol–water partition coefficient (Wildman–Crippen LogP) is 7.00. The number of hydrogen-bond donors (Lipinski definition) is 3. The number of amides is 1. The van der Waals surface area contributed by atoms with E-state index in [1.807, 2.05) is 51.1 Å². The molecule has 1 spiro atoms. The Bertz CT molecular complexity index is 1010. The van der Waals surface area contributed by atoms with E-state index in [2.05, 4.69) is 11.4 Å². The maximum Gasteiger partial charge on any atom is 0.405 e. The van der Waals surface area contributed by atoms with Gasteiger partial charge >= 0.3 is 6.09 Å². The van der Waals surface area contributed by atoms with Crippen LogP contribution in [-0.4, -0.2) is 28.5 Å². The van der Waals surface area contributed by atoms with Gasteiger partial charge in [-0.2, -0.15) is 0 Å². The van der Waals surface area contributed by atoms with Crippen molar-refractivity contribution >= 4 is 16.9 Å². The molecule has 5 heteroatoms. The standard InChI is InChI=1S/C29H41NO4/c1-27(2,3)25(31)28(4,30-26(32)33)22-10-8-21-19-24(11-9-20(21)18-22)34-23-12-16-29(17-13-23)14-6-5-7-15-29/h8-11,18-19,23,25,30-31H,5-7,12-17H2,1-4H3,(H,32,33)/t25?,28-/m1/s1. The molecule has 0 aromatic heterocycles. The molecule has 2 aliphatic carbocycles. The van der Waals surface area contributed by atoms with Crippen LogP contribution in [0, 0.1) is 10.8 Å². The van der Waals surface area contributed by atoms with Crippen LogP contribution in [-0.2, 0) is 5.54 Å². The first-order valence-electron chi connectivity index (χ1n) is 12.9. The fourth-order valence-corrected chi connectivity index (χ4v) is 6.32. The maximum absolute atomic E-state index is 11.6. The molecular formula is C29H41NO4. The Morgan fingerprint density at radius 2 is 1.59 bits per heavy atom. The van der Waals surface area contributed by atoms with Gasteiger partial charge in [-0.05, 0) is 90.8 Å². The summed E-state index contributed by atoms with van der Waals surface area (Å²) >= 11 is 0. The van der Waals surface area contributed by atoms with E-state index in [4.69, 9.17) is 4.74 Å². The second-order valence-corrected chi connectivity index (χ2v) is 12.0. The molecule has 2 aliphatic rings. The largest absolute Gasteiger partial charge is 0.490 e. The summed E-state index contributed by atoms with van der Waals surface area (Å²) in [6.07, 6.45) is 10.1. The van der Waals surface area contributed by atoms with E-state index in [-0.39, 0.29) is 6.10 Å². The number of carbonyl (C=O) groups is 1. The zero-order valence-corrected chi connectivity index (χ0v) is 21.2. The van der Waals surface area contributed by atoms with E-state index < -0.39 is 23.2 Å². The average Bonchev–Trinajstić information content (AvgIpc) is 2.79. The maximum atomic E-state index is 11.6. The number of aliphatic hydroxyl groups excluding tert-OH is 1. The van der Waals surface area contributed by atoms with Crippen LogP contribution in [0.2, 0.25) is 0 Å². The molecule has 34 heavy (non-hydrogen) atoms. The third-order valence-corrected chi connectivity index (χ3v) is 8.36. The highest BCUT2D eigenvalue weighted by molar-refractivity contribution is 5.85. The number of nitrogens with one attached hydrogen (secondary N) is 1. The van der Waals surface area contributed by atoms with Crippen LogP contribution in [0.3, 0.4) is 0 Å². The number of aliphatic hydroxyl groups is 1. The van der Waals surface area contributed by atoms with E-state index in [0.717, 1.165) is 34.9 Å². The monoisotopic (exact) mass is 467 g/mol. The van der Waals surface area contributed by atoms with Crippen LogP contribution in [0.4, 0.5) is 4.79 Å². The first-order valence-corrected chi connectivity index (χ1v) is 12.9. The van der Waals surface area contributed by atoms with E-state index in [0.29, 0.717) is 5.41 Å². The molecule has 2 fully saturated rings. The van der Waals surface area contributed by atoms with Gasteiger partial charge in [0, 0.05) is 0 Å². The highest BCUT2D eigenvalue weighted by atomic mass is 16.5. The Kier molecular flexibility index (Phi) is 6.87. The van der Waals surface area contributed by atoms with E-state index in [1.54, 1.807) is 6.92 Å². The number of carboxylic acid groups (broad SMARTS) is 1. The number of benzene rings is 2. The minimum atomic E-state index is -1.16. The SMILES string of the molecule is CC(C)(C)C(O)[C@](C)(NC(=O)O)c1ccc2cc(OC3CCC4(CCCCC4)CC3)ccc2c1. The van der Waals surface area contributed by atoms with Gasteiger partial charge in [0.15, 0.2) is 0 Å². The molecule has 2 aromatic carbocycles. The van der Waals surface area contributed by atoms with Gasteiger partial charge in [0.1, 0.15) is 5.75 Å². The van der Waals surface area contributed by atoms with Crippen molar-refractivity contribution in [2.24, 2.45) is 10.8 Å². The van der Waals surface area contributed by atoms with Crippen LogP contribution in [0.1, 0.15) is 91.0 Å². The lowest BCUT2D eigenvalue weighted by molar-refractivity contribution is -0.0143. The molecule has 5 nitrogen and oxygen atoms in total. The van der Waals surface area contributed by atoms with Crippen LogP contribution in [0.5, 0.6) is 5.75 Å². The molecular weight excluding hydrogens is 426 g/mol. The van der Waals surface area contributed by atoms with E-state index in [9.17, 15) is 15.0 Å². The lowest BCUT2D eigenvalue weighted by Gasteiger charge is -2.43. The lowest BCUT2D eigenvalue weighted by Crippen LogP contribution is -2.55. The Labute approximate surface area is 203 Å². The average molecular weight is 468 g/mol. The summed E-state index contributed by atoms with van der Waals surface area (Å²) in [6.45, 7) is 7.47. The minimum absolute atomic E-state index is 0.286. The zero-order chi connectivity index (χ0) is 24.6. The molecule has 2 atom stereocenters. The highest BCUT2D eigenvalue weighted by Gasteiger charge is 2.43. The quantitative estimate of drug-likeness (QED) is 0.442. The first kappa shape index (κ1) is 24.8. The molecule has 0 aliphatic heterocycles. The summed E-state index contributed by atoms with van der Waals surface area (Å²) in [6, 6.07) is 12.0. The first-order chi connectivity index (χ1) is 16.0. The van der Waals surface area contributed by atoms with Gasteiger partial charge in [-0.25, -0.2) is 4.79 Å².